The first-order chi connectivity index (χ1) is 13.6. The molecule has 0 bridgehead atoms. The molecule has 0 aliphatic carbocycles. The smallest absolute Gasteiger partial charge is 0.264 e. The van der Waals surface area contributed by atoms with Crippen molar-refractivity contribution in [2.24, 2.45) is 0 Å². The van der Waals surface area contributed by atoms with Crippen LogP contribution in [0.5, 0.6) is 0 Å². The fraction of sp³-hybridized carbons (Fsp3) is 0.300. The molecule has 0 spiro atoms. The number of hydrogen-bond donors (Lipinski definition) is 3. The summed E-state index contributed by atoms with van der Waals surface area (Å²) in [6.45, 7) is 1.67. The van der Waals surface area contributed by atoms with E-state index in [2.05, 4.69) is 5.32 Å². The van der Waals surface area contributed by atoms with Crippen LogP contribution in [0.15, 0.2) is 36.4 Å². The van der Waals surface area contributed by atoms with Crippen LogP contribution in [0.3, 0.4) is 0 Å². The highest BCUT2D eigenvalue weighted by Crippen LogP contribution is 2.29. The van der Waals surface area contributed by atoms with E-state index in [9.17, 15) is 22.4 Å². The second-order valence-corrected chi connectivity index (χ2v) is 9.76. The Labute approximate surface area is 167 Å². The third kappa shape index (κ3) is 3.88. The van der Waals surface area contributed by atoms with Gasteiger partial charge >= 0.3 is 0 Å². The first kappa shape index (κ1) is 20.9. The average Bonchev–Trinajstić information content (AvgIpc) is 3.05. The molecule has 9 heteroatoms. The van der Waals surface area contributed by atoms with E-state index in [-0.39, 0.29) is 18.7 Å². The number of carbonyl (C=O) groups is 2. The molecule has 1 aliphatic rings. The predicted molar refractivity (Wildman–Crippen MR) is 105 cm³/mol. The number of sulfone groups is 1. The molecule has 154 valence electrons. The van der Waals surface area contributed by atoms with Gasteiger partial charge in [0.15, 0.2) is 9.84 Å². The molecule has 0 fully saturated rings. The van der Waals surface area contributed by atoms with Crippen LogP contribution in [0.1, 0.15) is 34.8 Å². The molecule has 2 amide bonds. The van der Waals surface area contributed by atoms with Gasteiger partial charge in [-0.2, -0.15) is 0 Å². The van der Waals surface area contributed by atoms with E-state index in [1.54, 1.807) is 30.3 Å². The summed E-state index contributed by atoms with van der Waals surface area (Å²) in [6, 6.07) is 9.64. The van der Waals surface area contributed by atoms with E-state index < -0.39 is 26.3 Å². The lowest BCUT2D eigenvalue weighted by molar-refractivity contribution is -0.131. The Kier molecular flexibility index (Phi) is 5.46. The van der Waals surface area contributed by atoms with Crippen molar-refractivity contribution in [1.82, 2.24) is 10.8 Å². The minimum Gasteiger partial charge on any atom is -0.348 e. The molecule has 2 aromatic carbocycles. The number of rotatable bonds is 6. The van der Waals surface area contributed by atoms with Crippen molar-refractivity contribution in [1.29, 1.82) is 0 Å². The summed E-state index contributed by atoms with van der Waals surface area (Å²) >= 11 is 0. The normalized spacial score (nSPS) is 15.4. The van der Waals surface area contributed by atoms with Crippen LogP contribution in [-0.2, 0) is 27.6 Å². The van der Waals surface area contributed by atoms with Crippen molar-refractivity contribution in [2.75, 3.05) is 6.26 Å². The zero-order chi connectivity index (χ0) is 21.4. The number of hydrogen-bond acceptors (Lipinski definition) is 5. The maximum absolute atomic E-state index is 14.7. The average molecular weight is 420 g/mol. The Balaban J connectivity index is 1.84. The molecule has 1 unspecified atom stereocenters. The molecule has 0 radical (unpaired) electrons. The summed E-state index contributed by atoms with van der Waals surface area (Å²) < 4.78 is 36.9. The van der Waals surface area contributed by atoms with Crippen LogP contribution in [0.4, 0.5) is 4.39 Å². The highest BCUT2D eigenvalue weighted by Gasteiger charge is 2.43. The number of aryl methyl sites for hydroxylation is 1. The van der Waals surface area contributed by atoms with Gasteiger partial charge in [0, 0.05) is 23.9 Å². The minimum absolute atomic E-state index is 0.112. The summed E-state index contributed by atoms with van der Waals surface area (Å²) in [5, 5.41) is 11.6. The molecule has 2 aromatic rings. The molecule has 1 atom stereocenters. The maximum Gasteiger partial charge on any atom is 0.264 e. The number of hydroxylamine groups is 1. The van der Waals surface area contributed by atoms with Gasteiger partial charge in [0.2, 0.25) is 0 Å². The minimum atomic E-state index is -3.82. The Morgan fingerprint density at radius 1 is 1.24 bits per heavy atom. The number of amides is 2. The molecule has 3 N–H and O–H groups in total. The second kappa shape index (κ2) is 7.57. The van der Waals surface area contributed by atoms with Crippen molar-refractivity contribution < 1.29 is 27.6 Å². The summed E-state index contributed by atoms with van der Waals surface area (Å²) in [6.07, 6.45) is 0.896. The van der Waals surface area contributed by atoms with Crippen molar-refractivity contribution in [3.05, 3.63) is 58.9 Å². The van der Waals surface area contributed by atoms with E-state index in [0.29, 0.717) is 28.8 Å². The van der Waals surface area contributed by atoms with Gasteiger partial charge in [-0.25, -0.2) is 18.3 Å². The second-order valence-electron chi connectivity index (χ2n) is 7.31. The molecule has 7 nitrogen and oxygen atoms in total. The molecule has 29 heavy (non-hydrogen) atoms. The lowest BCUT2D eigenvalue weighted by atomic mass is 9.96. The maximum atomic E-state index is 14.7. The molecule has 3 rings (SSSR count). The lowest BCUT2D eigenvalue weighted by Crippen LogP contribution is -2.49. The molecule has 1 aliphatic heterocycles. The predicted octanol–water partition coefficient (Wildman–Crippen LogP) is 1.98. The third-order valence-electron chi connectivity index (χ3n) is 5.43. The Morgan fingerprint density at radius 3 is 2.59 bits per heavy atom. The van der Waals surface area contributed by atoms with Gasteiger partial charge in [-0.05, 0) is 48.6 Å². The molecule has 0 saturated heterocycles. The Morgan fingerprint density at radius 2 is 1.97 bits per heavy atom. The van der Waals surface area contributed by atoms with Crippen molar-refractivity contribution in [2.45, 2.75) is 31.1 Å². The number of fused-ring (bicyclic) bond motifs is 1. The van der Waals surface area contributed by atoms with E-state index in [1.807, 2.05) is 0 Å². The molecular weight excluding hydrogens is 399 g/mol. The van der Waals surface area contributed by atoms with Crippen LogP contribution >= 0.6 is 0 Å². The first-order valence-electron chi connectivity index (χ1n) is 8.91. The SMILES string of the molecule is CC(CCc1ccc(-c2ccc3c(c2)C(=O)NC3)c(F)c1)(C(=O)NO)S(C)(=O)=O. The molecule has 1 heterocycles. The van der Waals surface area contributed by atoms with Crippen LogP contribution < -0.4 is 10.8 Å². The fourth-order valence-electron chi connectivity index (χ4n) is 3.30. The van der Waals surface area contributed by atoms with Gasteiger partial charge in [-0.15, -0.1) is 0 Å². The highest BCUT2D eigenvalue weighted by atomic mass is 32.2. The quantitative estimate of drug-likeness (QED) is 0.489. The summed E-state index contributed by atoms with van der Waals surface area (Å²) in [5.74, 6) is -1.75. The topological polar surface area (TPSA) is 113 Å². The first-order valence-corrected chi connectivity index (χ1v) is 10.8. The third-order valence-corrected chi connectivity index (χ3v) is 7.46. The summed E-state index contributed by atoms with van der Waals surface area (Å²) in [7, 11) is -3.82. The number of carbonyl (C=O) groups excluding carboxylic acids is 2. The van der Waals surface area contributed by atoms with Crippen molar-refractivity contribution >= 4 is 21.7 Å². The largest absolute Gasteiger partial charge is 0.348 e. The number of nitrogens with one attached hydrogen (secondary N) is 2. The molecule has 0 saturated carbocycles. The van der Waals surface area contributed by atoms with Crippen LogP contribution in [0.2, 0.25) is 0 Å². The fourth-order valence-corrected chi connectivity index (χ4v) is 4.15. The van der Waals surface area contributed by atoms with Gasteiger partial charge < -0.3 is 5.32 Å². The molecular formula is C20H21FN2O5S. The lowest BCUT2D eigenvalue weighted by Gasteiger charge is -2.25. The standard InChI is InChI=1S/C20H21FN2O5S/c1-20(19(25)23-26,29(2,27)28)8-7-12-3-6-15(17(21)9-12)13-4-5-14-11-22-18(24)16(14)10-13/h3-6,9-10,26H,7-8,11H2,1-2H3,(H,22,24)(H,23,25). The van der Waals surface area contributed by atoms with Gasteiger partial charge in [0.1, 0.15) is 10.6 Å². The van der Waals surface area contributed by atoms with Gasteiger partial charge in [0.25, 0.3) is 11.8 Å². The van der Waals surface area contributed by atoms with Crippen molar-refractivity contribution in [3.8, 4) is 11.1 Å². The number of benzene rings is 2. The van der Waals surface area contributed by atoms with E-state index >= 15 is 0 Å². The number of halogens is 1. The highest BCUT2D eigenvalue weighted by molar-refractivity contribution is 7.92. The Hall–Kier alpha value is -2.78. The van der Waals surface area contributed by atoms with E-state index in [4.69, 9.17) is 5.21 Å². The van der Waals surface area contributed by atoms with Crippen LogP contribution in [0.25, 0.3) is 11.1 Å². The van der Waals surface area contributed by atoms with Gasteiger partial charge in [-0.1, -0.05) is 24.3 Å². The van der Waals surface area contributed by atoms with Crippen molar-refractivity contribution in [3.63, 3.8) is 0 Å². The molecule has 0 aromatic heterocycles. The van der Waals surface area contributed by atoms with E-state index in [0.717, 1.165) is 11.8 Å². The van der Waals surface area contributed by atoms with Crippen LogP contribution in [-0.4, -0.2) is 36.4 Å². The summed E-state index contributed by atoms with van der Waals surface area (Å²) in [4.78, 5) is 23.7. The van der Waals surface area contributed by atoms with E-state index in [1.165, 1.54) is 18.5 Å². The zero-order valence-corrected chi connectivity index (χ0v) is 16.8. The van der Waals surface area contributed by atoms with Gasteiger partial charge in [-0.3, -0.25) is 14.8 Å². The monoisotopic (exact) mass is 420 g/mol. The van der Waals surface area contributed by atoms with Crippen LogP contribution in [0, 0.1) is 5.82 Å². The summed E-state index contributed by atoms with van der Waals surface area (Å²) in [5.41, 5.74) is 4.15. The Bertz CT molecular complexity index is 1100. The zero-order valence-electron chi connectivity index (χ0n) is 16.0. The van der Waals surface area contributed by atoms with Gasteiger partial charge in [0.05, 0.1) is 0 Å².